The summed E-state index contributed by atoms with van der Waals surface area (Å²) in [5.41, 5.74) is 1.82. The Labute approximate surface area is 140 Å². The fraction of sp³-hybridized carbons (Fsp3) is 0.471. The van der Waals surface area contributed by atoms with Crippen molar-refractivity contribution >= 4 is 28.4 Å². The number of halogens is 1. The lowest BCUT2D eigenvalue weighted by Gasteiger charge is -2.12. The Morgan fingerprint density at radius 3 is 3.09 bits per heavy atom. The molecule has 6 heteroatoms. The van der Waals surface area contributed by atoms with Crippen molar-refractivity contribution in [3.8, 4) is 0 Å². The fourth-order valence-electron chi connectivity index (χ4n) is 2.49. The number of carbonyl (C=O) groups excluding carboxylic acids is 1. The van der Waals surface area contributed by atoms with E-state index >= 15 is 0 Å². The minimum Gasteiger partial charge on any atom is -0.389 e. The molecule has 124 valence electrons. The van der Waals surface area contributed by atoms with Gasteiger partial charge < -0.3 is 20.1 Å². The normalized spacial score (nSPS) is 15.7. The molecular weight excluding hydrogens is 316 g/mol. The second-order valence-corrected chi connectivity index (χ2v) is 6.56. The molecule has 0 spiro atoms. The number of carbonyl (C=O) groups is 1. The Morgan fingerprint density at radius 1 is 1.48 bits per heavy atom. The van der Waals surface area contributed by atoms with Crippen LogP contribution in [0, 0.1) is 5.92 Å². The van der Waals surface area contributed by atoms with Crippen LogP contribution in [0.25, 0.3) is 10.9 Å². The highest BCUT2D eigenvalue weighted by atomic mass is 35.5. The molecule has 0 radical (unpaired) electrons. The summed E-state index contributed by atoms with van der Waals surface area (Å²) in [6.07, 6.45) is 3.86. The number of amides is 1. The number of H-pyrrole nitrogens is 1. The Bertz CT molecular complexity index is 682. The lowest BCUT2D eigenvalue weighted by molar-refractivity contribution is -0.121. The van der Waals surface area contributed by atoms with Gasteiger partial charge in [-0.15, -0.1) is 0 Å². The average molecular weight is 337 g/mol. The maximum atomic E-state index is 12.0. The Hall–Kier alpha value is -1.56. The Kier molecular flexibility index (Phi) is 5.20. The number of hydrogen-bond acceptors (Lipinski definition) is 3. The number of nitrogens with one attached hydrogen (secondary N) is 2. The van der Waals surface area contributed by atoms with Crippen LogP contribution in [0.3, 0.4) is 0 Å². The van der Waals surface area contributed by atoms with Crippen molar-refractivity contribution in [1.29, 1.82) is 0 Å². The van der Waals surface area contributed by atoms with Crippen LogP contribution in [0.15, 0.2) is 24.4 Å². The summed E-state index contributed by atoms with van der Waals surface area (Å²) in [5.74, 6) is 0.550. The van der Waals surface area contributed by atoms with Crippen LogP contribution in [0.1, 0.15) is 18.4 Å². The van der Waals surface area contributed by atoms with Crippen LogP contribution < -0.4 is 5.32 Å². The molecule has 5 nitrogen and oxygen atoms in total. The van der Waals surface area contributed by atoms with E-state index in [2.05, 4.69) is 10.3 Å². The monoisotopic (exact) mass is 336 g/mol. The van der Waals surface area contributed by atoms with Gasteiger partial charge in [-0.25, -0.2) is 0 Å². The van der Waals surface area contributed by atoms with Crippen LogP contribution in [-0.4, -0.2) is 41.9 Å². The molecule has 0 aliphatic heterocycles. The van der Waals surface area contributed by atoms with E-state index in [0.29, 0.717) is 17.5 Å². The van der Waals surface area contributed by atoms with E-state index in [4.69, 9.17) is 16.3 Å². The Balaban J connectivity index is 1.44. The fourth-order valence-corrected chi connectivity index (χ4v) is 2.66. The van der Waals surface area contributed by atoms with Gasteiger partial charge in [0.05, 0.1) is 19.1 Å². The van der Waals surface area contributed by atoms with E-state index in [1.807, 2.05) is 18.3 Å². The molecule has 1 fully saturated rings. The van der Waals surface area contributed by atoms with Gasteiger partial charge in [-0.05, 0) is 36.5 Å². The molecule has 1 aromatic carbocycles. The minimum atomic E-state index is -0.667. The quantitative estimate of drug-likeness (QED) is 0.692. The SMILES string of the molecule is O=C(Cc1c[nH]c2cc(Cl)ccc12)NCC(O)COCC1CC1. The molecule has 2 aromatic rings. The largest absolute Gasteiger partial charge is 0.389 e. The van der Waals surface area contributed by atoms with Gasteiger partial charge in [0.1, 0.15) is 0 Å². The maximum Gasteiger partial charge on any atom is 0.224 e. The van der Waals surface area contributed by atoms with Crippen LogP contribution in [-0.2, 0) is 16.0 Å². The number of aromatic nitrogens is 1. The highest BCUT2D eigenvalue weighted by Crippen LogP contribution is 2.28. The molecular formula is C17H21ClN2O3. The molecule has 1 amide bonds. The highest BCUT2D eigenvalue weighted by Gasteiger charge is 2.21. The van der Waals surface area contributed by atoms with Crippen LogP contribution in [0.5, 0.6) is 0 Å². The van der Waals surface area contributed by atoms with Crippen molar-refractivity contribution in [2.45, 2.75) is 25.4 Å². The first-order valence-electron chi connectivity index (χ1n) is 7.90. The molecule has 1 aliphatic rings. The average Bonchev–Trinajstić information content (AvgIpc) is 3.27. The molecule has 23 heavy (non-hydrogen) atoms. The molecule has 1 heterocycles. The van der Waals surface area contributed by atoms with Gasteiger partial charge in [-0.1, -0.05) is 17.7 Å². The van der Waals surface area contributed by atoms with Gasteiger partial charge in [0.15, 0.2) is 0 Å². The molecule has 1 atom stereocenters. The van der Waals surface area contributed by atoms with Crippen LogP contribution >= 0.6 is 11.6 Å². The number of ether oxygens (including phenoxy) is 1. The van der Waals surface area contributed by atoms with E-state index in [1.165, 1.54) is 12.8 Å². The third-order valence-corrected chi connectivity index (χ3v) is 4.21. The number of hydrogen-bond donors (Lipinski definition) is 3. The lowest BCUT2D eigenvalue weighted by Crippen LogP contribution is -2.35. The number of aromatic amines is 1. The predicted molar refractivity (Wildman–Crippen MR) is 89.6 cm³/mol. The second-order valence-electron chi connectivity index (χ2n) is 6.12. The highest BCUT2D eigenvalue weighted by molar-refractivity contribution is 6.31. The van der Waals surface area contributed by atoms with Crippen LogP contribution in [0.2, 0.25) is 5.02 Å². The lowest BCUT2D eigenvalue weighted by atomic mass is 10.1. The molecule has 1 unspecified atom stereocenters. The van der Waals surface area contributed by atoms with Crippen molar-refractivity contribution in [2.24, 2.45) is 5.92 Å². The van der Waals surface area contributed by atoms with Crippen molar-refractivity contribution in [3.05, 3.63) is 35.0 Å². The van der Waals surface area contributed by atoms with E-state index in [0.717, 1.165) is 16.5 Å². The topological polar surface area (TPSA) is 74.4 Å². The number of aliphatic hydroxyl groups excluding tert-OH is 1. The summed E-state index contributed by atoms with van der Waals surface area (Å²) in [4.78, 5) is 15.1. The van der Waals surface area contributed by atoms with Crippen molar-refractivity contribution in [3.63, 3.8) is 0 Å². The van der Waals surface area contributed by atoms with Crippen molar-refractivity contribution in [1.82, 2.24) is 10.3 Å². The number of fused-ring (bicyclic) bond motifs is 1. The van der Waals surface area contributed by atoms with Crippen LogP contribution in [0.4, 0.5) is 0 Å². The zero-order valence-electron chi connectivity index (χ0n) is 12.8. The third-order valence-electron chi connectivity index (χ3n) is 3.98. The second kappa shape index (κ2) is 7.34. The summed E-state index contributed by atoms with van der Waals surface area (Å²) in [6.45, 7) is 1.18. The van der Waals surface area contributed by atoms with Gasteiger partial charge in [0, 0.05) is 35.3 Å². The summed E-state index contributed by atoms with van der Waals surface area (Å²) in [6, 6.07) is 5.54. The van der Waals surface area contributed by atoms with Gasteiger partial charge in [-0.2, -0.15) is 0 Å². The molecule has 0 bridgehead atoms. The minimum absolute atomic E-state index is 0.123. The Morgan fingerprint density at radius 2 is 2.30 bits per heavy atom. The van der Waals surface area contributed by atoms with E-state index in [1.54, 1.807) is 6.07 Å². The standard InChI is InChI=1S/C17H21ClN2O3/c18-13-3-4-15-12(7-19-16(15)6-13)5-17(22)20-8-14(21)10-23-9-11-1-2-11/h3-4,6-7,11,14,19,21H,1-2,5,8-10H2,(H,20,22). The number of aliphatic hydroxyl groups is 1. The maximum absolute atomic E-state index is 12.0. The molecule has 3 rings (SSSR count). The summed E-state index contributed by atoms with van der Waals surface area (Å²) in [7, 11) is 0. The summed E-state index contributed by atoms with van der Waals surface area (Å²) >= 11 is 5.94. The first kappa shape index (κ1) is 16.3. The van der Waals surface area contributed by atoms with Gasteiger partial charge in [-0.3, -0.25) is 4.79 Å². The molecule has 1 saturated carbocycles. The van der Waals surface area contributed by atoms with E-state index in [9.17, 15) is 9.90 Å². The number of benzene rings is 1. The molecule has 3 N–H and O–H groups in total. The number of rotatable bonds is 8. The zero-order valence-corrected chi connectivity index (χ0v) is 13.6. The summed E-state index contributed by atoms with van der Waals surface area (Å²) < 4.78 is 5.41. The van der Waals surface area contributed by atoms with E-state index in [-0.39, 0.29) is 25.5 Å². The zero-order chi connectivity index (χ0) is 16.2. The first-order chi connectivity index (χ1) is 11.1. The smallest absolute Gasteiger partial charge is 0.224 e. The molecule has 1 aliphatic carbocycles. The van der Waals surface area contributed by atoms with Crippen molar-refractivity contribution in [2.75, 3.05) is 19.8 Å². The first-order valence-corrected chi connectivity index (χ1v) is 8.27. The van der Waals surface area contributed by atoms with Gasteiger partial charge in [0.25, 0.3) is 0 Å². The predicted octanol–water partition coefficient (Wildman–Crippen LogP) is 2.27. The summed E-state index contributed by atoms with van der Waals surface area (Å²) in [5, 5.41) is 14.2. The van der Waals surface area contributed by atoms with Crippen molar-refractivity contribution < 1.29 is 14.6 Å². The molecule has 0 saturated heterocycles. The van der Waals surface area contributed by atoms with Gasteiger partial charge >= 0.3 is 0 Å². The molecule has 1 aromatic heterocycles. The third kappa shape index (κ3) is 4.70. The van der Waals surface area contributed by atoms with E-state index < -0.39 is 6.10 Å². The van der Waals surface area contributed by atoms with Gasteiger partial charge in [0.2, 0.25) is 5.91 Å².